The van der Waals surface area contributed by atoms with Gasteiger partial charge >= 0.3 is 5.97 Å². The lowest BCUT2D eigenvalue weighted by Crippen LogP contribution is -2.63. The van der Waals surface area contributed by atoms with Crippen LogP contribution in [-0.4, -0.2) is 69.2 Å². The molecule has 2 aromatic carbocycles. The largest absolute Gasteiger partial charge is 0.456 e. The van der Waals surface area contributed by atoms with E-state index in [2.05, 4.69) is 15.6 Å². The quantitative estimate of drug-likeness (QED) is 0.184. The molecule has 5 rings (SSSR count). The van der Waals surface area contributed by atoms with Gasteiger partial charge in [-0.1, -0.05) is 25.1 Å². The van der Waals surface area contributed by atoms with Crippen molar-refractivity contribution in [2.24, 2.45) is 16.8 Å². The van der Waals surface area contributed by atoms with Gasteiger partial charge in [-0.15, -0.1) is 11.8 Å². The molecule has 0 spiro atoms. The first-order valence-electron chi connectivity index (χ1n) is 13.1. The Hall–Kier alpha value is -4.23. The van der Waals surface area contributed by atoms with Crippen molar-refractivity contribution in [2.45, 2.75) is 37.9 Å². The van der Waals surface area contributed by atoms with E-state index in [9.17, 15) is 29.6 Å². The highest BCUT2D eigenvalue weighted by molar-refractivity contribution is 8.03. The number of non-ortho nitro benzene ring substituents is 1. The van der Waals surface area contributed by atoms with Crippen LogP contribution in [0.3, 0.4) is 0 Å². The van der Waals surface area contributed by atoms with E-state index in [1.165, 1.54) is 40.9 Å². The Morgan fingerprint density at radius 3 is 2.56 bits per heavy atom. The molecule has 3 aliphatic heterocycles. The third kappa shape index (κ3) is 5.68. The average molecular weight is 580 g/mol. The molecule has 0 aromatic heterocycles. The number of aliphatic hydroxyl groups excluding tert-OH is 1. The number of carbonyl (C=O) groups excluding carboxylic acids is 3. The lowest BCUT2D eigenvalue weighted by atomic mass is 9.79. The fourth-order valence-electron chi connectivity index (χ4n) is 5.24. The molecule has 0 radical (unpaired) electrons. The van der Waals surface area contributed by atoms with Gasteiger partial charge in [0.1, 0.15) is 12.3 Å². The van der Waals surface area contributed by atoms with Crippen molar-refractivity contribution in [1.29, 1.82) is 0 Å². The second-order valence-electron chi connectivity index (χ2n) is 10.1. The number of nitrogens with one attached hydrogen (secondary N) is 2. The molecule has 2 aromatic rings. The minimum Gasteiger partial charge on any atom is -0.456 e. The van der Waals surface area contributed by atoms with Crippen LogP contribution in [0.25, 0.3) is 0 Å². The van der Waals surface area contributed by atoms with Crippen molar-refractivity contribution >= 4 is 41.2 Å². The zero-order valence-corrected chi connectivity index (χ0v) is 23.2. The summed E-state index contributed by atoms with van der Waals surface area (Å²) < 4.78 is 5.55. The smallest absolute Gasteiger partial charge is 0.356 e. The molecule has 0 saturated carbocycles. The zero-order valence-electron chi connectivity index (χ0n) is 22.4. The van der Waals surface area contributed by atoms with Crippen molar-refractivity contribution in [1.82, 2.24) is 15.5 Å². The van der Waals surface area contributed by atoms with Crippen LogP contribution in [0.4, 0.5) is 5.69 Å². The summed E-state index contributed by atoms with van der Waals surface area (Å²) in [6.07, 6.45) is -0.871. The van der Waals surface area contributed by atoms with E-state index in [4.69, 9.17) is 4.74 Å². The van der Waals surface area contributed by atoms with Crippen LogP contribution in [-0.2, 0) is 20.9 Å². The third-order valence-corrected chi connectivity index (χ3v) is 8.80. The number of nitro benzene ring substituents is 1. The number of hydrogen-bond donors (Lipinski definition) is 3. The molecule has 12 nitrogen and oxygen atoms in total. The molecule has 13 heteroatoms. The van der Waals surface area contributed by atoms with Crippen LogP contribution < -0.4 is 10.6 Å². The molecular formula is C28H29N5O7S. The lowest BCUT2D eigenvalue weighted by Gasteiger charge is -2.46. The summed E-state index contributed by atoms with van der Waals surface area (Å²) in [5.74, 6) is -1.77. The predicted octanol–water partition coefficient (Wildman–Crippen LogP) is 2.20. The minimum atomic E-state index is -0.871. The first kappa shape index (κ1) is 28.3. The summed E-state index contributed by atoms with van der Waals surface area (Å²) in [6.45, 7) is 4.18. The van der Waals surface area contributed by atoms with Gasteiger partial charge in [0.05, 0.1) is 29.5 Å². The number of nitrogens with zero attached hydrogens (tertiary/aromatic N) is 3. The van der Waals surface area contributed by atoms with E-state index in [1.807, 2.05) is 13.0 Å². The van der Waals surface area contributed by atoms with E-state index in [-0.39, 0.29) is 47.0 Å². The second-order valence-corrected chi connectivity index (χ2v) is 11.4. The number of rotatable bonds is 8. The second kappa shape index (κ2) is 11.7. The third-order valence-electron chi connectivity index (χ3n) is 7.33. The maximum absolute atomic E-state index is 13.4. The monoisotopic (exact) mass is 579 g/mol. The van der Waals surface area contributed by atoms with Crippen molar-refractivity contribution in [3.05, 3.63) is 86.4 Å². The summed E-state index contributed by atoms with van der Waals surface area (Å²) >= 11 is 1.43. The molecule has 3 aliphatic rings. The van der Waals surface area contributed by atoms with E-state index in [0.717, 1.165) is 0 Å². The van der Waals surface area contributed by atoms with Crippen LogP contribution in [0.15, 0.2) is 70.2 Å². The molecule has 1 fully saturated rings. The molecule has 2 amide bonds. The summed E-state index contributed by atoms with van der Waals surface area (Å²) in [5, 5.41) is 26.9. The molecule has 214 valence electrons. The predicted molar refractivity (Wildman–Crippen MR) is 150 cm³/mol. The number of aliphatic hydroxyl groups is 1. The van der Waals surface area contributed by atoms with Gasteiger partial charge in [-0.2, -0.15) is 0 Å². The fourth-order valence-corrected chi connectivity index (χ4v) is 6.56. The maximum Gasteiger partial charge on any atom is 0.356 e. The molecule has 1 saturated heterocycles. The molecule has 3 N–H and O–H groups in total. The van der Waals surface area contributed by atoms with E-state index >= 15 is 0 Å². The molecular weight excluding hydrogens is 550 g/mol. The van der Waals surface area contributed by atoms with Crippen LogP contribution in [0.1, 0.15) is 29.8 Å². The molecule has 0 bridgehead atoms. The van der Waals surface area contributed by atoms with Crippen LogP contribution in [0.5, 0.6) is 0 Å². The molecule has 5 atom stereocenters. The topological polar surface area (TPSA) is 163 Å². The maximum atomic E-state index is 13.4. The summed E-state index contributed by atoms with van der Waals surface area (Å²) in [7, 11) is 0. The van der Waals surface area contributed by atoms with Gasteiger partial charge in [0.15, 0.2) is 5.96 Å². The Kier molecular flexibility index (Phi) is 8.08. The van der Waals surface area contributed by atoms with Crippen LogP contribution in [0, 0.1) is 22.0 Å². The normalized spacial score (nSPS) is 24.0. The van der Waals surface area contributed by atoms with Gasteiger partial charge in [0.2, 0.25) is 5.91 Å². The highest BCUT2D eigenvalue weighted by Crippen LogP contribution is 2.51. The van der Waals surface area contributed by atoms with E-state index in [1.54, 1.807) is 31.2 Å². The van der Waals surface area contributed by atoms with Gasteiger partial charge in [-0.25, -0.2) is 4.79 Å². The number of nitro groups is 1. The Labute approximate surface area is 240 Å². The summed E-state index contributed by atoms with van der Waals surface area (Å²) in [4.78, 5) is 55.8. The Balaban J connectivity index is 1.30. The standard InChI is InChI=1S/C28H29N5O7S/c1-15-22-21(16(2)34)26(36)32(22)23(27(37)40-14-17-8-10-19(11-9-17)33(38)39)24(15)41-20-12-29-28(30-13-20)31-25(35)18-6-4-3-5-7-18/h3-11,15-16,20-22,34H,12-14H2,1-2H3,(H2,29,30,31,35)/t15-,16-,21-,22-/m1/s1. The summed E-state index contributed by atoms with van der Waals surface area (Å²) in [5.41, 5.74) is 1.16. The lowest BCUT2D eigenvalue weighted by molar-refractivity contribution is -0.384. The van der Waals surface area contributed by atoms with Crippen LogP contribution >= 0.6 is 11.8 Å². The molecule has 0 aliphatic carbocycles. The van der Waals surface area contributed by atoms with Crippen molar-refractivity contribution < 1.29 is 29.2 Å². The van der Waals surface area contributed by atoms with Crippen molar-refractivity contribution in [3.8, 4) is 0 Å². The molecule has 3 heterocycles. The first-order chi connectivity index (χ1) is 19.7. The molecule has 1 unspecified atom stereocenters. The Morgan fingerprint density at radius 1 is 1.24 bits per heavy atom. The first-order valence-corrected chi connectivity index (χ1v) is 14.0. The number of aliphatic imine (C=N–C) groups is 1. The number of guanidine groups is 1. The number of benzene rings is 2. The van der Waals surface area contributed by atoms with E-state index in [0.29, 0.717) is 35.1 Å². The number of β-lactam (4-membered cyclic amide) rings is 1. The minimum absolute atomic E-state index is 0.0733. The van der Waals surface area contributed by atoms with Gasteiger partial charge in [-0.3, -0.25) is 30.0 Å². The highest BCUT2D eigenvalue weighted by Gasteiger charge is 2.60. The molecule has 41 heavy (non-hydrogen) atoms. The Bertz CT molecular complexity index is 1430. The number of fused-ring (bicyclic) bond motifs is 1. The van der Waals surface area contributed by atoms with Crippen molar-refractivity contribution in [2.75, 3.05) is 13.1 Å². The zero-order chi connectivity index (χ0) is 29.3. The van der Waals surface area contributed by atoms with Crippen molar-refractivity contribution in [3.63, 3.8) is 0 Å². The number of amides is 2. The SMILES string of the molecule is C[C@@H](O)[C@H]1C(=O)N2C(C(=O)OCc3ccc([N+](=O)[O-])cc3)=C(SC3CN=C(NC(=O)c4ccccc4)NC3)[C@H](C)[C@H]12. The summed E-state index contributed by atoms with van der Waals surface area (Å²) in [6, 6.07) is 14.1. The number of esters is 1. The number of thioether (sulfide) groups is 1. The number of hydrogen-bond acceptors (Lipinski definition) is 10. The van der Waals surface area contributed by atoms with Gasteiger partial charge in [-0.05, 0) is 36.8 Å². The number of carbonyl (C=O) groups is 3. The van der Waals surface area contributed by atoms with Crippen LogP contribution in [0.2, 0.25) is 0 Å². The number of ether oxygens (including phenoxy) is 1. The van der Waals surface area contributed by atoms with E-state index < -0.39 is 22.9 Å². The highest BCUT2D eigenvalue weighted by atomic mass is 32.2. The van der Waals surface area contributed by atoms with Gasteiger partial charge in [0, 0.05) is 40.3 Å². The fraction of sp³-hybridized carbons (Fsp3) is 0.357. The average Bonchev–Trinajstić information content (AvgIpc) is 3.20. The Morgan fingerprint density at radius 2 is 1.95 bits per heavy atom. The van der Waals surface area contributed by atoms with Gasteiger partial charge in [0.25, 0.3) is 11.6 Å². The van der Waals surface area contributed by atoms with Gasteiger partial charge < -0.3 is 20.1 Å².